The summed E-state index contributed by atoms with van der Waals surface area (Å²) in [7, 11) is 0. The highest BCUT2D eigenvalue weighted by Gasteiger charge is 2.33. The molecule has 5 rings (SSSR count). The predicted octanol–water partition coefficient (Wildman–Crippen LogP) is 5.49. The van der Waals surface area contributed by atoms with Gasteiger partial charge < -0.3 is 20.6 Å². The van der Waals surface area contributed by atoms with Crippen molar-refractivity contribution in [2.24, 2.45) is 5.92 Å². The van der Waals surface area contributed by atoms with E-state index in [1.54, 1.807) is 4.90 Å². The lowest BCUT2D eigenvalue weighted by Gasteiger charge is -2.39. The number of carboxylic acids is 1. The third-order valence-electron chi connectivity index (χ3n) is 7.74. The minimum absolute atomic E-state index is 0.0271. The molecule has 41 heavy (non-hydrogen) atoms. The van der Waals surface area contributed by atoms with Crippen LogP contribution in [0.2, 0.25) is 10.0 Å². The van der Waals surface area contributed by atoms with Crippen molar-refractivity contribution in [1.29, 1.82) is 0 Å². The van der Waals surface area contributed by atoms with Gasteiger partial charge in [-0.15, -0.1) is 0 Å². The number of carbonyl (C=O) groups excluding carboxylic acids is 3. The maximum absolute atomic E-state index is 13.1. The van der Waals surface area contributed by atoms with Gasteiger partial charge in [-0.1, -0.05) is 77.8 Å². The van der Waals surface area contributed by atoms with Gasteiger partial charge in [0, 0.05) is 37.5 Å². The molecule has 0 spiro atoms. The van der Waals surface area contributed by atoms with Gasteiger partial charge in [-0.05, 0) is 41.7 Å². The number of nitrogens with zero attached hydrogens (tertiary/aromatic N) is 1. The minimum Gasteiger partial charge on any atom is -0.481 e. The second kappa shape index (κ2) is 12.3. The lowest BCUT2D eigenvalue weighted by atomic mass is 9.90. The molecule has 10 heteroatoms. The molecule has 0 unspecified atom stereocenters. The van der Waals surface area contributed by atoms with Gasteiger partial charge in [0.2, 0.25) is 0 Å². The molecular weight excluding hydrogens is 565 g/mol. The summed E-state index contributed by atoms with van der Waals surface area (Å²) in [6, 6.07) is 19.9. The molecule has 1 heterocycles. The highest BCUT2D eigenvalue weighted by molar-refractivity contribution is 6.40. The minimum atomic E-state index is -1.24. The van der Waals surface area contributed by atoms with Crippen LogP contribution in [0.5, 0.6) is 0 Å². The number of carboxylic acid groups (broad SMARTS) is 1. The Kier molecular flexibility index (Phi) is 8.61. The number of likely N-dealkylation sites (tertiary alicyclic amines) is 1. The largest absolute Gasteiger partial charge is 0.481 e. The van der Waals surface area contributed by atoms with Crippen molar-refractivity contribution in [2.75, 3.05) is 19.6 Å². The van der Waals surface area contributed by atoms with Crippen LogP contribution in [0.1, 0.15) is 62.2 Å². The van der Waals surface area contributed by atoms with Gasteiger partial charge in [0.15, 0.2) is 5.78 Å². The van der Waals surface area contributed by atoms with Gasteiger partial charge in [-0.2, -0.15) is 0 Å². The smallest absolute Gasteiger partial charge is 0.315 e. The maximum Gasteiger partial charge on any atom is 0.315 e. The molecule has 2 atom stereocenters. The number of ketones is 1. The fraction of sp³-hybridized carbons (Fsp3) is 0.290. The van der Waals surface area contributed by atoms with Crippen molar-refractivity contribution >= 4 is 46.9 Å². The highest BCUT2D eigenvalue weighted by atomic mass is 35.5. The van der Waals surface area contributed by atoms with E-state index < -0.39 is 30.1 Å². The number of urea groups is 1. The standard InChI is InChI=1S/C31H29Cl2N3O5/c32-24-12-20(29(38)36-16-22(17-36)18-6-2-1-3-7-18)13-25(33)28(24)27(37)14-21(30(39)40)15-34-31(41)35-26-11-10-19-8-4-5-9-23(19)26/h1-9,12-13,21-22,26H,10-11,14-17H2,(H,39,40)(H2,34,35,41)/t21-,26+/m0/s1. The highest BCUT2D eigenvalue weighted by Crippen LogP contribution is 2.33. The van der Waals surface area contributed by atoms with E-state index in [-0.39, 0.29) is 45.6 Å². The van der Waals surface area contributed by atoms with Crippen LogP contribution in [0, 0.1) is 5.92 Å². The van der Waals surface area contributed by atoms with Gasteiger partial charge in [0.05, 0.1) is 27.6 Å². The molecule has 1 fully saturated rings. The number of aryl methyl sites for hydroxylation is 1. The molecule has 212 valence electrons. The van der Waals surface area contributed by atoms with Crippen LogP contribution in [0.25, 0.3) is 0 Å². The quantitative estimate of drug-likeness (QED) is 0.284. The third-order valence-corrected chi connectivity index (χ3v) is 8.33. The Morgan fingerprint density at radius 3 is 2.29 bits per heavy atom. The number of aliphatic carboxylic acids is 1. The van der Waals surface area contributed by atoms with E-state index in [2.05, 4.69) is 10.6 Å². The number of fused-ring (bicyclic) bond motifs is 1. The molecule has 1 aliphatic heterocycles. The van der Waals surface area contributed by atoms with E-state index >= 15 is 0 Å². The van der Waals surface area contributed by atoms with Crippen LogP contribution < -0.4 is 10.6 Å². The van der Waals surface area contributed by atoms with Gasteiger partial charge in [-0.3, -0.25) is 14.4 Å². The molecule has 3 amide bonds. The monoisotopic (exact) mass is 593 g/mol. The van der Waals surface area contributed by atoms with Crippen molar-refractivity contribution in [3.05, 3.63) is 105 Å². The molecule has 2 aliphatic rings. The summed E-state index contributed by atoms with van der Waals surface area (Å²) in [5.74, 6) is -3.03. The van der Waals surface area contributed by atoms with Crippen molar-refractivity contribution in [3.63, 3.8) is 0 Å². The SMILES string of the molecule is O=C(NC[C@H](CC(=O)c1c(Cl)cc(C(=O)N2CC(c3ccccc3)C2)cc1Cl)C(=O)O)N[C@@H]1CCc2ccccc21. The Hall–Kier alpha value is -3.88. The zero-order chi connectivity index (χ0) is 29.1. The lowest BCUT2D eigenvalue weighted by Crippen LogP contribution is -2.48. The van der Waals surface area contributed by atoms with Crippen molar-refractivity contribution < 1.29 is 24.3 Å². The number of amides is 3. The van der Waals surface area contributed by atoms with Crippen molar-refractivity contribution in [2.45, 2.75) is 31.2 Å². The van der Waals surface area contributed by atoms with Crippen LogP contribution in [-0.4, -0.2) is 53.3 Å². The molecule has 1 saturated heterocycles. The molecule has 3 aromatic carbocycles. The zero-order valence-electron chi connectivity index (χ0n) is 22.1. The summed E-state index contributed by atoms with van der Waals surface area (Å²) in [6.07, 6.45) is 1.18. The number of benzene rings is 3. The van der Waals surface area contributed by atoms with Crippen molar-refractivity contribution in [3.8, 4) is 0 Å². The zero-order valence-corrected chi connectivity index (χ0v) is 23.6. The number of carbonyl (C=O) groups is 4. The number of hydrogen-bond donors (Lipinski definition) is 3. The summed E-state index contributed by atoms with van der Waals surface area (Å²) >= 11 is 12.8. The number of hydrogen-bond acceptors (Lipinski definition) is 4. The average molecular weight is 594 g/mol. The summed E-state index contributed by atoms with van der Waals surface area (Å²) in [4.78, 5) is 52.2. The lowest BCUT2D eigenvalue weighted by molar-refractivity contribution is -0.141. The molecule has 1 aliphatic carbocycles. The molecule has 3 N–H and O–H groups in total. The van der Waals surface area contributed by atoms with Crippen LogP contribution in [-0.2, 0) is 11.2 Å². The molecule has 0 aromatic heterocycles. The first-order valence-electron chi connectivity index (χ1n) is 13.4. The summed E-state index contributed by atoms with van der Waals surface area (Å²) in [5, 5.41) is 15.1. The van der Waals surface area contributed by atoms with Gasteiger partial charge >= 0.3 is 12.0 Å². The molecular formula is C31H29Cl2N3O5. The number of halogens is 2. The molecule has 0 radical (unpaired) electrons. The first-order valence-corrected chi connectivity index (χ1v) is 14.2. The fourth-order valence-corrected chi connectivity index (χ4v) is 6.13. The Morgan fingerprint density at radius 2 is 1.61 bits per heavy atom. The molecule has 0 bridgehead atoms. The Bertz CT molecular complexity index is 1470. The van der Waals surface area contributed by atoms with E-state index in [9.17, 15) is 24.3 Å². The van der Waals surface area contributed by atoms with Crippen LogP contribution in [0.15, 0.2) is 66.7 Å². The first-order chi connectivity index (χ1) is 19.7. The third kappa shape index (κ3) is 6.39. The van der Waals surface area contributed by atoms with Crippen LogP contribution >= 0.6 is 23.2 Å². The average Bonchev–Trinajstić information content (AvgIpc) is 3.32. The second-order valence-corrected chi connectivity index (χ2v) is 11.3. The molecule has 8 nitrogen and oxygen atoms in total. The summed E-state index contributed by atoms with van der Waals surface area (Å²) in [6.45, 7) is 0.865. The van der Waals surface area contributed by atoms with Crippen LogP contribution in [0.3, 0.4) is 0 Å². The second-order valence-electron chi connectivity index (χ2n) is 10.4. The van der Waals surface area contributed by atoms with Gasteiger partial charge in [0.25, 0.3) is 5.91 Å². The van der Waals surface area contributed by atoms with E-state index in [1.165, 1.54) is 17.7 Å². The number of rotatable bonds is 9. The van der Waals surface area contributed by atoms with E-state index in [4.69, 9.17) is 23.2 Å². The van der Waals surface area contributed by atoms with E-state index in [1.807, 2.05) is 54.6 Å². The van der Waals surface area contributed by atoms with Crippen LogP contribution in [0.4, 0.5) is 4.79 Å². The molecule has 3 aromatic rings. The predicted molar refractivity (Wildman–Crippen MR) is 156 cm³/mol. The topological polar surface area (TPSA) is 116 Å². The Balaban J connectivity index is 1.17. The van der Waals surface area contributed by atoms with Gasteiger partial charge in [0.1, 0.15) is 0 Å². The molecule has 0 saturated carbocycles. The van der Waals surface area contributed by atoms with Crippen molar-refractivity contribution in [1.82, 2.24) is 15.5 Å². The fourth-order valence-electron chi connectivity index (χ4n) is 5.43. The Morgan fingerprint density at radius 1 is 0.951 bits per heavy atom. The number of Topliss-reactive ketones (excluding diaryl/α,β-unsaturated/α-hetero) is 1. The first kappa shape index (κ1) is 28.6. The summed E-state index contributed by atoms with van der Waals surface area (Å²) in [5.41, 5.74) is 3.59. The number of nitrogens with one attached hydrogen (secondary N) is 2. The maximum atomic E-state index is 13.1. The Labute approximate surface area is 247 Å². The summed E-state index contributed by atoms with van der Waals surface area (Å²) < 4.78 is 0. The van der Waals surface area contributed by atoms with E-state index in [0.717, 1.165) is 24.0 Å². The van der Waals surface area contributed by atoms with Gasteiger partial charge in [-0.25, -0.2) is 4.79 Å². The van der Waals surface area contributed by atoms with E-state index in [0.29, 0.717) is 13.1 Å². The normalized spacial score (nSPS) is 16.8.